The molecule has 124 valence electrons. The van der Waals surface area contributed by atoms with Crippen LogP contribution in [0.1, 0.15) is 40.5 Å². The van der Waals surface area contributed by atoms with E-state index in [1.54, 1.807) is 18.7 Å². The van der Waals surface area contributed by atoms with Crippen LogP contribution in [0.2, 0.25) is 0 Å². The number of thioether (sulfide) groups is 1. The van der Waals surface area contributed by atoms with Gasteiger partial charge in [0, 0.05) is 10.8 Å². The lowest BCUT2D eigenvalue weighted by Gasteiger charge is -2.46. The second-order valence-corrected chi connectivity index (χ2v) is 7.56. The standard InChI is InChI=1S/C16H25NO4S/c1-5-8(2)6-7-22-14-9(3)12-11(10(4)18)15(19)17(12)13(14)16(20)21/h8-12,18H,5-7H2,1-4H3,(H,20,21). The number of aliphatic hydroxyl groups excluding tert-OH is 1. The highest BCUT2D eigenvalue weighted by atomic mass is 32.2. The Kier molecular flexibility index (Phi) is 5.22. The molecule has 2 heterocycles. The number of aliphatic carboxylic acids is 1. The number of amides is 1. The van der Waals surface area contributed by atoms with E-state index in [1.165, 1.54) is 4.90 Å². The van der Waals surface area contributed by atoms with Crippen molar-refractivity contribution in [3.8, 4) is 0 Å². The van der Waals surface area contributed by atoms with Crippen LogP contribution in [0.4, 0.5) is 0 Å². The molecule has 1 fully saturated rings. The highest BCUT2D eigenvalue weighted by Crippen LogP contribution is 2.50. The summed E-state index contributed by atoms with van der Waals surface area (Å²) in [7, 11) is 0. The molecule has 0 aromatic heterocycles. The van der Waals surface area contributed by atoms with E-state index >= 15 is 0 Å². The van der Waals surface area contributed by atoms with Crippen molar-refractivity contribution in [2.24, 2.45) is 17.8 Å². The average Bonchev–Trinajstić information content (AvgIpc) is 2.68. The van der Waals surface area contributed by atoms with E-state index in [4.69, 9.17) is 0 Å². The molecule has 0 aliphatic carbocycles. The quantitative estimate of drug-likeness (QED) is 0.702. The molecule has 5 nitrogen and oxygen atoms in total. The summed E-state index contributed by atoms with van der Waals surface area (Å²) in [5, 5.41) is 19.3. The van der Waals surface area contributed by atoms with E-state index < -0.39 is 18.0 Å². The molecule has 2 aliphatic heterocycles. The van der Waals surface area contributed by atoms with Gasteiger partial charge in [0.05, 0.1) is 18.1 Å². The second-order valence-electron chi connectivity index (χ2n) is 6.42. The summed E-state index contributed by atoms with van der Waals surface area (Å²) in [6, 6.07) is -0.204. The molecule has 2 N–H and O–H groups in total. The van der Waals surface area contributed by atoms with E-state index in [-0.39, 0.29) is 23.6 Å². The SMILES string of the molecule is CCC(C)CCSC1=C(C(=O)O)N2C(=O)C(C(C)O)C2C1C. The van der Waals surface area contributed by atoms with Gasteiger partial charge in [0.15, 0.2) is 0 Å². The van der Waals surface area contributed by atoms with Gasteiger partial charge in [-0.25, -0.2) is 4.79 Å². The number of nitrogens with zero attached hydrogens (tertiary/aromatic N) is 1. The molecule has 0 saturated carbocycles. The van der Waals surface area contributed by atoms with E-state index in [9.17, 15) is 19.8 Å². The number of carboxylic acids is 1. The summed E-state index contributed by atoms with van der Waals surface area (Å²) in [4.78, 5) is 25.9. The zero-order valence-corrected chi connectivity index (χ0v) is 14.4. The number of hydrogen-bond donors (Lipinski definition) is 2. The fourth-order valence-corrected chi connectivity index (χ4v) is 4.75. The first-order valence-electron chi connectivity index (χ1n) is 7.92. The summed E-state index contributed by atoms with van der Waals surface area (Å²) in [6.45, 7) is 7.89. The van der Waals surface area contributed by atoms with Crippen molar-refractivity contribution in [2.45, 2.75) is 52.7 Å². The van der Waals surface area contributed by atoms with Gasteiger partial charge in [0.1, 0.15) is 5.70 Å². The number of aliphatic hydroxyl groups is 1. The Bertz CT molecular complexity index is 502. The molecule has 6 heteroatoms. The monoisotopic (exact) mass is 327 g/mol. The smallest absolute Gasteiger partial charge is 0.353 e. The number of carboxylic acid groups (broad SMARTS) is 1. The Morgan fingerprint density at radius 1 is 1.41 bits per heavy atom. The molecule has 0 bridgehead atoms. The number of hydrogen-bond acceptors (Lipinski definition) is 4. The van der Waals surface area contributed by atoms with Gasteiger partial charge in [-0.3, -0.25) is 4.79 Å². The fraction of sp³-hybridized carbons (Fsp3) is 0.750. The predicted molar refractivity (Wildman–Crippen MR) is 86.2 cm³/mol. The third kappa shape index (κ3) is 2.78. The van der Waals surface area contributed by atoms with Gasteiger partial charge < -0.3 is 15.1 Å². The van der Waals surface area contributed by atoms with E-state index in [0.29, 0.717) is 5.92 Å². The number of carbonyl (C=O) groups excluding carboxylic acids is 1. The molecular weight excluding hydrogens is 302 g/mol. The van der Waals surface area contributed by atoms with E-state index in [1.807, 2.05) is 6.92 Å². The Morgan fingerprint density at radius 3 is 2.55 bits per heavy atom. The molecular formula is C16H25NO4S. The molecule has 2 rings (SSSR count). The van der Waals surface area contributed by atoms with Crippen molar-refractivity contribution < 1.29 is 19.8 Å². The Morgan fingerprint density at radius 2 is 2.05 bits per heavy atom. The molecule has 5 unspecified atom stereocenters. The highest BCUT2D eigenvalue weighted by Gasteiger charge is 2.59. The molecule has 1 amide bonds. The third-order valence-electron chi connectivity index (χ3n) is 4.88. The lowest BCUT2D eigenvalue weighted by Crippen LogP contribution is -2.63. The number of carbonyl (C=O) groups is 2. The van der Waals surface area contributed by atoms with Crippen molar-refractivity contribution >= 4 is 23.6 Å². The molecule has 0 spiro atoms. The minimum absolute atomic E-state index is 0.0228. The first kappa shape index (κ1) is 17.3. The van der Waals surface area contributed by atoms with Crippen LogP contribution in [-0.4, -0.2) is 44.9 Å². The largest absolute Gasteiger partial charge is 0.477 e. The molecule has 22 heavy (non-hydrogen) atoms. The van der Waals surface area contributed by atoms with Crippen LogP contribution in [0.15, 0.2) is 10.6 Å². The molecule has 0 radical (unpaired) electrons. The maximum Gasteiger partial charge on any atom is 0.353 e. The maximum atomic E-state index is 12.2. The van der Waals surface area contributed by atoms with Gasteiger partial charge in [-0.2, -0.15) is 0 Å². The Balaban J connectivity index is 2.17. The van der Waals surface area contributed by atoms with Gasteiger partial charge >= 0.3 is 5.97 Å². The number of fused-ring (bicyclic) bond motifs is 1. The van der Waals surface area contributed by atoms with E-state index in [0.717, 1.165) is 23.5 Å². The fourth-order valence-electron chi connectivity index (χ4n) is 3.29. The molecule has 1 saturated heterocycles. The van der Waals surface area contributed by atoms with Gasteiger partial charge in [0.25, 0.3) is 0 Å². The molecule has 0 aromatic rings. The van der Waals surface area contributed by atoms with Gasteiger partial charge in [-0.05, 0) is 25.0 Å². The lowest BCUT2D eigenvalue weighted by atomic mass is 9.79. The summed E-state index contributed by atoms with van der Waals surface area (Å²) < 4.78 is 0. The number of β-lactam (4-membered cyclic amide) rings is 1. The van der Waals surface area contributed by atoms with Crippen LogP contribution in [0, 0.1) is 17.8 Å². The maximum absolute atomic E-state index is 12.2. The van der Waals surface area contributed by atoms with Crippen LogP contribution in [0.5, 0.6) is 0 Å². The normalized spacial score (nSPS) is 30.1. The minimum atomic E-state index is -1.04. The summed E-state index contributed by atoms with van der Waals surface area (Å²) in [5.74, 6) is -0.330. The minimum Gasteiger partial charge on any atom is -0.477 e. The Labute approximate surface area is 135 Å². The van der Waals surface area contributed by atoms with Crippen LogP contribution >= 0.6 is 11.8 Å². The summed E-state index contributed by atoms with van der Waals surface area (Å²) in [5.41, 5.74) is 0.133. The zero-order chi connectivity index (χ0) is 16.6. The first-order chi connectivity index (χ1) is 10.3. The van der Waals surface area contributed by atoms with Crippen molar-refractivity contribution in [1.82, 2.24) is 4.90 Å². The zero-order valence-electron chi connectivity index (χ0n) is 13.6. The lowest BCUT2D eigenvalue weighted by molar-refractivity contribution is -0.163. The summed E-state index contributed by atoms with van der Waals surface area (Å²) >= 11 is 1.56. The predicted octanol–water partition coefficient (Wildman–Crippen LogP) is 2.31. The van der Waals surface area contributed by atoms with E-state index in [2.05, 4.69) is 13.8 Å². The molecule has 0 aromatic carbocycles. The van der Waals surface area contributed by atoms with Crippen molar-refractivity contribution in [1.29, 1.82) is 0 Å². The van der Waals surface area contributed by atoms with Crippen molar-refractivity contribution in [3.05, 3.63) is 10.6 Å². The highest BCUT2D eigenvalue weighted by molar-refractivity contribution is 8.03. The Hall–Kier alpha value is -1.01. The van der Waals surface area contributed by atoms with Crippen LogP contribution in [0.25, 0.3) is 0 Å². The molecule has 5 atom stereocenters. The second kappa shape index (κ2) is 6.62. The average molecular weight is 327 g/mol. The van der Waals surface area contributed by atoms with Gasteiger partial charge in [-0.15, -0.1) is 11.8 Å². The van der Waals surface area contributed by atoms with Crippen molar-refractivity contribution in [3.63, 3.8) is 0 Å². The van der Waals surface area contributed by atoms with Gasteiger partial charge in [-0.1, -0.05) is 27.2 Å². The first-order valence-corrected chi connectivity index (χ1v) is 8.91. The number of rotatable bonds is 7. The van der Waals surface area contributed by atoms with Crippen molar-refractivity contribution in [2.75, 3.05) is 5.75 Å². The topological polar surface area (TPSA) is 77.8 Å². The van der Waals surface area contributed by atoms with Crippen LogP contribution in [-0.2, 0) is 9.59 Å². The van der Waals surface area contributed by atoms with Crippen LogP contribution < -0.4 is 0 Å². The summed E-state index contributed by atoms with van der Waals surface area (Å²) in [6.07, 6.45) is 1.40. The van der Waals surface area contributed by atoms with Crippen LogP contribution in [0.3, 0.4) is 0 Å². The third-order valence-corrected chi connectivity index (χ3v) is 6.19. The van der Waals surface area contributed by atoms with Gasteiger partial charge in [0.2, 0.25) is 5.91 Å². The molecule has 2 aliphatic rings.